The summed E-state index contributed by atoms with van der Waals surface area (Å²) in [6.45, 7) is 8.84. The molecule has 20 heavy (non-hydrogen) atoms. The van der Waals surface area contributed by atoms with Gasteiger partial charge in [-0.25, -0.2) is 4.79 Å². The van der Waals surface area contributed by atoms with Crippen molar-refractivity contribution in [2.24, 2.45) is 5.73 Å². The average molecular weight is 278 g/mol. The molecule has 0 aromatic heterocycles. The van der Waals surface area contributed by atoms with Gasteiger partial charge in [-0.1, -0.05) is 19.6 Å². The summed E-state index contributed by atoms with van der Waals surface area (Å²) in [5.74, 6) is -0.935. The maximum absolute atomic E-state index is 9.60. The van der Waals surface area contributed by atoms with Crippen molar-refractivity contribution in [2.75, 3.05) is 19.0 Å². The Kier molecular flexibility index (Phi) is 7.62. The summed E-state index contributed by atoms with van der Waals surface area (Å²) in [5.41, 5.74) is 9.96. The van der Waals surface area contributed by atoms with Crippen LogP contribution in [0, 0.1) is 6.92 Å². The topological polar surface area (TPSA) is 66.6 Å². The second kappa shape index (κ2) is 8.38. The first-order valence-electron chi connectivity index (χ1n) is 6.62. The Labute approximate surface area is 121 Å². The second-order valence-corrected chi connectivity index (χ2v) is 5.04. The van der Waals surface area contributed by atoms with Crippen molar-refractivity contribution in [3.63, 3.8) is 0 Å². The number of benzene rings is 1. The van der Waals surface area contributed by atoms with Crippen LogP contribution in [0.2, 0.25) is 0 Å². The highest BCUT2D eigenvalue weighted by atomic mass is 16.4. The number of carbonyl (C=O) groups is 1. The van der Waals surface area contributed by atoms with Gasteiger partial charge in [0, 0.05) is 31.4 Å². The molecule has 1 rings (SSSR count). The number of nitrogens with two attached hydrogens (primary N) is 1. The largest absolute Gasteiger partial charge is 0.478 e. The summed E-state index contributed by atoms with van der Waals surface area (Å²) in [6, 6.07) is 6.62. The number of rotatable bonds is 4. The molecule has 1 aromatic carbocycles. The standard InChI is InChI=1S/C12H20N2.C4H6O2/c1-5-12(13)11-7-6-10(14(3)4)8-9(11)2;1-3(2)4(5)6/h6-8,12H,5,13H2,1-4H3;1H2,2H3,(H,5,6). The van der Waals surface area contributed by atoms with Crippen LogP contribution in [-0.4, -0.2) is 25.2 Å². The Hall–Kier alpha value is -1.81. The Bertz CT molecular complexity index is 456. The zero-order chi connectivity index (χ0) is 15.9. The van der Waals surface area contributed by atoms with E-state index < -0.39 is 5.97 Å². The fourth-order valence-corrected chi connectivity index (χ4v) is 1.57. The van der Waals surface area contributed by atoms with Crippen molar-refractivity contribution in [3.8, 4) is 0 Å². The molecule has 0 spiro atoms. The molecule has 0 bridgehead atoms. The van der Waals surface area contributed by atoms with E-state index in [2.05, 4.69) is 43.5 Å². The maximum atomic E-state index is 9.60. The van der Waals surface area contributed by atoms with E-state index >= 15 is 0 Å². The van der Waals surface area contributed by atoms with Crippen LogP contribution in [0.4, 0.5) is 5.69 Å². The van der Waals surface area contributed by atoms with Crippen molar-refractivity contribution in [1.29, 1.82) is 0 Å². The molecule has 0 aliphatic rings. The summed E-state index contributed by atoms with van der Waals surface area (Å²) in [6.07, 6.45) is 0.988. The molecule has 0 heterocycles. The Morgan fingerprint density at radius 1 is 1.45 bits per heavy atom. The summed E-state index contributed by atoms with van der Waals surface area (Å²) < 4.78 is 0. The van der Waals surface area contributed by atoms with Crippen molar-refractivity contribution in [2.45, 2.75) is 33.2 Å². The third-order valence-electron chi connectivity index (χ3n) is 2.97. The zero-order valence-electron chi connectivity index (χ0n) is 13.1. The van der Waals surface area contributed by atoms with Gasteiger partial charge in [-0.15, -0.1) is 0 Å². The lowest BCUT2D eigenvalue weighted by atomic mass is 9.99. The van der Waals surface area contributed by atoms with Crippen LogP contribution in [0.25, 0.3) is 0 Å². The molecule has 0 aliphatic carbocycles. The summed E-state index contributed by atoms with van der Waals surface area (Å²) in [5, 5.41) is 7.89. The lowest BCUT2D eigenvalue weighted by molar-refractivity contribution is -0.132. The van der Waals surface area contributed by atoms with Gasteiger partial charge in [-0.3, -0.25) is 0 Å². The first kappa shape index (κ1) is 18.2. The molecule has 4 nitrogen and oxygen atoms in total. The maximum Gasteiger partial charge on any atom is 0.330 e. The summed E-state index contributed by atoms with van der Waals surface area (Å²) in [4.78, 5) is 11.7. The van der Waals surface area contributed by atoms with Gasteiger partial charge in [0.15, 0.2) is 0 Å². The van der Waals surface area contributed by atoms with Crippen LogP contribution < -0.4 is 10.6 Å². The molecule has 3 N–H and O–H groups in total. The van der Waals surface area contributed by atoms with Crippen LogP contribution in [0.15, 0.2) is 30.4 Å². The van der Waals surface area contributed by atoms with E-state index in [4.69, 9.17) is 10.8 Å². The van der Waals surface area contributed by atoms with E-state index in [1.807, 2.05) is 14.1 Å². The number of nitrogens with zero attached hydrogens (tertiary/aromatic N) is 1. The Balaban J connectivity index is 0.000000511. The molecule has 1 unspecified atom stereocenters. The van der Waals surface area contributed by atoms with E-state index in [9.17, 15) is 4.79 Å². The number of anilines is 1. The van der Waals surface area contributed by atoms with Crippen LogP contribution in [0.1, 0.15) is 37.4 Å². The molecule has 0 saturated heterocycles. The minimum absolute atomic E-state index is 0.172. The highest BCUT2D eigenvalue weighted by molar-refractivity contribution is 5.84. The molecule has 112 valence electrons. The normalized spacial score (nSPS) is 11.1. The van der Waals surface area contributed by atoms with Gasteiger partial charge in [0.2, 0.25) is 0 Å². The molecule has 4 heteroatoms. The number of carboxylic acid groups (broad SMARTS) is 1. The van der Waals surface area contributed by atoms with E-state index in [1.54, 1.807) is 0 Å². The SMILES string of the molecule is C=C(C)C(=O)O.CCC(N)c1ccc(N(C)C)cc1C. The van der Waals surface area contributed by atoms with Crippen molar-refractivity contribution in [3.05, 3.63) is 41.5 Å². The van der Waals surface area contributed by atoms with E-state index in [1.165, 1.54) is 23.7 Å². The van der Waals surface area contributed by atoms with E-state index in [0.29, 0.717) is 0 Å². The number of hydrogen-bond acceptors (Lipinski definition) is 3. The predicted octanol–water partition coefficient (Wildman–Crippen LogP) is 3.12. The quantitative estimate of drug-likeness (QED) is 0.830. The fraction of sp³-hybridized carbons (Fsp3) is 0.438. The monoisotopic (exact) mass is 278 g/mol. The number of aliphatic carboxylic acids is 1. The van der Waals surface area contributed by atoms with Crippen molar-refractivity contribution < 1.29 is 9.90 Å². The molecule has 1 atom stereocenters. The Morgan fingerprint density at radius 2 is 1.95 bits per heavy atom. The van der Waals surface area contributed by atoms with Crippen LogP contribution in [0.3, 0.4) is 0 Å². The highest BCUT2D eigenvalue weighted by Crippen LogP contribution is 2.22. The minimum Gasteiger partial charge on any atom is -0.478 e. The number of hydrogen-bond donors (Lipinski definition) is 2. The van der Waals surface area contributed by atoms with Crippen molar-refractivity contribution in [1.82, 2.24) is 0 Å². The molecule has 0 saturated carbocycles. The number of aryl methyl sites for hydroxylation is 1. The fourth-order valence-electron chi connectivity index (χ4n) is 1.57. The molecular formula is C16H26N2O2. The summed E-state index contributed by atoms with van der Waals surface area (Å²) in [7, 11) is 4.10. The van der Waals surface area contributed by atoms with Gasteiger partial charge in [0.05, 0.1) is 0 Å². The zero-order valence-corrected chi connectivity index (χ0v) is 13.1. The smallest absolute Gasteiger partial charge is 0.330 e. The van der Waals surface area contributed by atoms with Gasteiger partial charge in [0.25, 0.3) is 0 Å². The highest BCUT2D eigenvalue weighted by Gasteiger charge is 2.07. The molecular weight excluding hydrogens is 252 g/mol. The Morgan fingerprint density at radius 3 is 2.25 bits per heavy atom. The molecule has 0 radical (unpaired) electrons. The van der Waals surface area contributed by atoms with Gasteiger partial charge in [-0.05, 0) is 43.5 Å². The van der Waals surface area contributed by atoms with E-state index in [0.717, 1.165) is 6.42 Å². The van der Waals surface area contributed by atoms with Crippen LogP contribution >= 0.6 is 0 Å². The van der Waals surface area contributed by atoms with Gasteiger partial charge in [0.1, 0.15) is 0 Å². The molecule has 0 fully saturated rings. The molecule has 1 aromatic rings. The lowest BCUT2D eigenvalue weighted by Crippen LogP contribution is -2.12. The van der Waals surface area contributed by atoms with Gasteiger partial charge < -0.3 is 15.7 Å². The third-order valence-corrected chi connectivity index (χ3v) is 2.97. The lowest BCUT2D eigenvalue weighted by Gasteiger charge is -2.17. The van der Waals surface area contributed by atoms with Gasteiger partial charge in [-0.2, -0.15) is 0 Å². The van der Waals surface area contributed by atoms with Crippen molar-refractivity contribution >= 4 is 11.7 Å². The average Bonchev–Trinajstić information content (AvgIpc) is 2.38. The molecule has 0 amide bonds. The minimum atomic E-state index is -0.935. The van der Waals surface area contributed by atoms with Crippen LogP contribution in [-0.2, 0) is 4.79 Å². The van der Waals surface area contributed by atoms with Gasteiger partial charge >= 0.3 is 5.97 Å². The second-order valence-electron chi connectivity index (χ2n) is 5.04. The summed E-state index contributed by atoms with van der Waals surface area (Å²) >= 11 is 0. The van der Waals surface area contributed by atoms with E-state index in [-0.39, 0.29) is 11.6 Å². The predicted molar refractivity (Wildman–Crippen MR) is 85.2 cm³/mol. The first-order valence-corrected chi connectivity index (χ1v) is 6.62. The first-order chi connectivity index (χ1) is 9.20. The third kappa shape index (κ3) is 5.89. The van der Waals surface area contributed by atoms with Crippen LogP contribution in [0.5, 0.6) is 0 Å². The molecule has 0 aliphatic heterocycles. The number of carboxylic acids is 1.